The molecular formula is C26H30FN3O8. The van der Waals surface area contributed by atoms with Gasteiger partial charge in [0, 0.05) is 31.1 Å². The zero-order valence-corrected chi connectivity index (χ0v) is 21.3. The third-order valence-electron chi connectivity index (χ3n) is 6.52. The number of carbonyl (C=O) groups is 2. The summed E-state index contributed by atoms with van der Waals surface area (Å²) in [5, 5.41) is 3.64. The predicted octanol–water partition coefficient (Wildman–Crippen LogP) is 3.99. The van der Waals surface area contributed by atoms with Crippen molar-refractivity contribution in [2.24, 2.45) is 0 Å². The number of benzene rings is 1. The molecule has 0 aliphatic carbocycles. The molecule has 2 saturated heterocycles. The van der Waals surface area contributed by atoms with Crippen molar-refractivity contribution < 1.29 is 42.2 Å². The van der Waals surface area contributed by atoms with E-state index < -0.39 is 29.9 Å². The number of anilines is 1. The number of hydrogen-bond donors (Lipinski definition) is 0. The van der Waals surface area contributed by atoms with Gasteiger partial charge in [0.15, 0.2) is 11.9 Å². The molecule has 5 rings (SSSR count). The first-order valence-corrected chi connectivity index (χ1v) is 12.5. The number of carbonyl (C=O) groups excluding carboxylic acids is 2. The van der Waals surface area contributed by atoms with E-state index in [1.54, 1.807) is 23.1 Å². The van der Waals surface area contributed by atoms with Crippen LogP contribution in [0.3, 0.4) is 0 Å². The Morgan fingerprint density at radius 1 is 1.24 bits per heavy atom. The van der Waals surface area contributed by atoms with Crippen LogP contribution in [0.2, 0.25) is 0 Å². The number of amides is 2. The molecule has 2 atom stereocenters. The van der Waals surface area contributed by atoms with Crippen LogP contribution in [0.5, 0.6) is 5.88 Å². The Bertz CT molecular complexity index is 1190. The van der Waals surface area contributed by atoms with Crippen LogP contribution >= 0.6 is 0 Å². The van der Waals surface area contributed by atoms with E-state index in [2.05, 4.69) is 5.16 Å². The Morgan fingerprint density at radius 2 is 2.11 bits per heavy atom. The highest BCUT2D eigenvalue weighted by molar-refractivity contribution is 5.90. The zero-order valence-electron chi connectivity index (χ0n) is 21.3. The van der Waals surface area contributed by atoms with Crippen molar-refractivity contribution in [3.63, 3.8) is 0 Å². The van der Waals surface area contributed by atoms with E-state index in [0.29, 0.717) is 49.7 Å². The lowest BCUT2D eigenvalue weighted by Gasteiger charge is -2.36. The van der Waals surface area contributed by atoms with E-state index in [1.807, 2.05) is 19.9 Å². The first-order valence-electron chi connectivity index (χ1n) is 12.5. The van der Waals surface area contributed by atoms with Crippen LogP contribution < -0.4 is 9.64 Å². The van der Waals surface area contributed by atoms with Gasteiger partial charge in [-0.1, -0.05) is 6.08 Å². The van der Waals surface area contributed by atoms with Crippen LogP contribution in [0, 0.1) is 5.82 Å². The van der Waals surface area contributed by atoms with Crippen LogP contribution in [0.15, 0.2) is 41.1 Å². The molecule has 12 heteroatoms. The Morgan fingerprint density at radius 3 is 2.82 bits per heavy atom. The summed E-state index contributed by atoms with van der Waals surface area (Å²) in [6, 6.07) is 6.18. The maximum absolute atomic E-state index is 15.1. The summed E-state index contributed by atoms with van der Waals surface area (Å²) in [6.07, 6.45) is 2.57. The van der Waals surface area contributed by atoms with Crippen LogP contribution in [0.1, 0.15) is 32.3 Å². The van der Waals surface area contributed by atoms with Gasteiger partial charge in [0.2, 0.25) is 0 Å². The molecule has 1 aromatic heterocycles. The van der Waals surface area contributed by atoms with Gasteiger partial charge in [-0.15, -0.1) is 0 Å². The van der Waals surface area contributed by atoms with Gasteiger partial charge < -0.3 is 33.1 Å². The number of aromatic nitrogens is 1. The summed E-state index contributed by atoms with van der Waals surface area (Å²) in [6.45, 7) is 5.38. The van der Waals surface area contributed by atoms with Gasteiger partial charge in [-0.2, -0.15) is 0 Å². The fraction of sp³-hybridized carbons (Fsp3) is 0.500. The summed E-state index contributed by atoms with van der Waals surface area (Å²) in [7, 11) is 0. The Kier molecular flexibility index (Phi) is 7.52. The topological polar surface area (TPSA) is 113 Å². The van der Waals surface area contributed by atoms with Crippen molar-refractivity contribution in [3.8, 4) is 5.88 Å². The monoisotopic (exact) mass is 531 g/mol. The van der Waals surface area contributed by atoms with E-state index in [1.165, 1.54) is 17.2 Å². The molecule has 2 amide bonds. The average molecular weight is 532 g/mol. The number of cyclic esters (lactones) is 1. The molecule has 0 saturated carbocycles. The van der Waals surface area contributed by atoms with Crippen LogP contribution in [0.25, 0.3) is 5.57 Å². The lowest BCUT2D eigenvalue weighted by molar-refractivity contribution is -0.277. The molecule has 1 aromatic carbocycles. The Balaban J connectivity index is 1.14. The first kappa shape index (κ1) is 26.0. The summed E-state index contributed by atoms with van der Waals surface area (Å²) in [5.74, 6) is -0.861. The van der Waals surface area contributed by atoms with E-state index in [-0.39, 0.29) is 25.9 Å². The highest BCUT2D eigenvalue weighted by Gasteiger charge is 2.34. The molecule has 3 aliphatic heterocycles. The second-order valence-corrected chi connectivity index (χ2v) is 9.71. The second kappa shape index (κ2) is 11.0. The van der Waals surface area contributed by atoms with E-state index in [4.69, 9.17) is 28.2 Å². The Hall–Kier alpha value is -3.64. The minimum atomic E-state index is -0.693. The largest absolute Gasteiger partial charge is 0.471 e. The SMILES string of the molecule is CC1(C)OCC[C@@H](COC(=O)N2CC=C(c3ccc(N4C[C@H](COc5ccon5)OC4=O)cc3F)CC2)O1. The van der Waals surface area contributed by atoms with Gasteiger partial charge in [-0.25, -0.2) is 14.0 Å². The lowest BCUT2D eigenvalue weighted by atomic mass is 9.98. The van der Waals surface area contributed by atoms with Crippen molar-refractivity contribution in [1.29, 1.82) is 0 Å². The zero-order chi connectivity index (χ0) is 26.7. The fourth-order valence-corrected chi connectivity index (χ4v) is 4.59. The third kappa shape index (κ3) is 6.08. The maximum atomic E-state index is 15.1. The van der Waals surface area contributed by atoms with Crippen molar-refractivity contribution in [3.05, 3.63) is 48.0 Å². The first-order chi connectivity index (χ1) is 18.3. The molecular weight excluding hydrogens is 501 g/mol. The molecule has 2 fully saturated rings. The smallest absolute Gasteiger partial charge is 0.414 e. The predicted molar refractivity (Wildman–Crippen MR) is 131 cm³/mol. The summed E-state index contributed by atoms with van der Waals surface area (Å²) >= 11 is 0. The number of halogens is 1. The molecule has 4 heterocycles. The van der Waals surface area contributed by atoms with Gasteiger partial charge in [-0.05, 0) is 49.2 Å². The second-order valence-electron chi connectivity index (χ2n) is 9.71. The molecule has 38 heavy (non-hydrogen) atoms. The molecule has 204 valence electrons. The van der Waals surface area contributed by atoms with Crippen molar-refractivity contribution in [2.45, 2.75) is 44.7 Å². The van der Waals surface area contributed by atoms with E-state index in [0.717, 1.165) is 5.57 Å². The molecule has 0 unspecified atom stereocenters. The normalized spacial score (nSPS) is 23.1. The lowest BCUT2D eigenvalue weighted by Crippen LogP contribution is -2.43. The summed E-state index contributed by atoms with van der Waals surface area (Å²) in [4.78, 5) is 27.8. The van der Waals surface area contributed by atoms with Crippen LogP contribution in [-0.2, 0) is 18.9 Å². The highest BCUT2D eigenvalue weighted by atomic mass is 19.1. The average Bonchev–Trinajstić information content (AvgIpc) is 3.55. The number of nitrogens with zero attached hydrogens (tertiary/aromatic N) is 3. The number of ether oxygens (including phenoxy) is 5. The summed E-state index contributed by atoms with van der Waals surface area (Å²) in [5.41, 5.74) is 1.61. The van der Waals surface area contributed by atoms with Gasteiger partial charge in [0.1, 0.15) is 25.3 Å². The van der Waals surface area contributed by atoms with Gasteiger partial charge >= 0.3 is 12.2 Å². The van der Waals surface area contributed by atoms with E-state index in [9.17, 15) is 9.59 Å². The number of rotatable bonds is 7. The molecule has 0 spiro atoms. The number of hydrogen-bond acceptors (Lipinski definition) is 9. The summed E-state index contributed by atoms with van der Waals surface area (Å²) < 4.78 is 47.3. The van der Waals surface area contributed by atoms with Crippen LogP contribution in [-0.4, -0.2) is 79.7 Å². The van der Waals surface area contributed by atoms with Gasteiger partial charge in [0.25, 0.3) is 5.88 Å². The maximum Gasteiger partial charge on any atom is 0.414 e. The fourth-order valence-electron chi connectivity index (χ4n) is 4.59. The quantitative estimate of drug-likeness (QED) is 0.523. The molecule has 0 bridgehead atoms. The standard InChI is InChI=1S/C26H30FN3O8/c1-26(2)35-11-7-19(38-26)15-34-24(31)29-9-5-17(6-10-29)21-4-3-18(13-22(21)27)30-14-20(37-25(30)32)16-33-23-8-12-36-28-23/h3-5,8,12-13,19-20H,6-7,9-11,14-16H2,1-2H3/t19-,20+/m0/s1. The van der Waals surface area contributed by atoms with Crippen molar-refractivity contribution in [2.75, 3.05) is 44.4 Å². The van der Waals surface area contributed by atoms with Gasteiger partial charge in [0.05, 0.1) is 24.9 Å². The molecule has 3 aliphatic rings. The van der Waals surface area contributed by atoms with Gasteiger partial charge in [-0.3, -0.25) is 4.90 Å². The van der Waals surface area contributed by atoms with Crippen molar-refractivity contribution in [1.82, 2.24) is 10.1 Å². The van der Waals surface area contributed by atoms with Crippen molar-refractivity contribution >= 4 is 23.4 Å². The Labute approximate surface area is 219 Å². The molecule has 0 radical (unpaired) electrons. The minimum Gasteiger partial charge on any atom is -0.471 e. The molecule has 11 nitrogen and oxygen atoms in total. The minimum absolute atomic E-state index is 0.0985. The third-order valence-corrected chi connectivity index (χ3v) is 6.52. The molecule has 0 N–H and O–H groups in total. The van der Waals surface area contributed by atoms with Crippen LogP contribution in [0.4, 0.5) is 19.7 Å². The van der Waals surface area contributed by atoms with E-state index >= 15 is 4.39 Å². The molecule has 2 aromatic rings. The highest BCUT2D eigenvalue weighted by Crippen LogP contribution is 2.30.